The van der Waals surface area contributed by atoms with Crippen molar-refractivity contribution < 1.29 is 0 Å². The molecule has 43 heavy (non-hydrogen) atoms. The van der Waals surface area contributed by atoms with Crippen LogP contribution in [0.2, 0.25) is 0 Å². The van der Waals surface area contributed by atoms with Crippen LogP contribution in [0.3, 0.4) is 0 Å². The molecule has 1 aliphatic heterocycles. The summed E-state index contributed by atoms with van der Waals surface area (Å²) in [5, 5.41) is 3.33. The summed E-state index contributed by atoms with van der Waals surface area (Å²) in [4.78, 5) is 12.7. The fraction of sp³-hybridized carbons (Fsp3) is 0.0256. The van der Waals surface area contributed by atoms with Gasteiger partial charge < -0.3 is 4.90 Å². The summed E-state index contributed by atoms with van der Waals surface area (Å²) in [5.74, 6) is 0.797. The zero-order valence-electron chi connectivity index (χ0n) is 23.8. The second-order valence-corrected chi connectivity index (χ2v) is 10.9. The van der Waals surface area contributed by atoms with Crippen LogP contribution in [-0.4, -0.2) is 14.5 Å². The van der Waals surface area contributed by atoms with E-state index in [4.69, 9.17) is 9.97 Å². The number of aromatic nitrogens is 3. The molecule has 3 heterocycles. The minimum Gasteiger partial charge on any atom is -0.315 e. The van der Waals surface area contributed by atoms with Crippen LogP contribution in [-0.2, 0) is 0 Å². The van der Waals surface area contributed by atoms with Gasteiger partial charge in [-0.2, -0.15) is 0 Å². The van der Waals surface area contributed by atoms with Gasteiger partial charge in [0.2, 0.25) is 0 Å². The Kier molecular flexibility index (Phi) is 5.80. The Hall–Kier alpha value is -5.74. The number of benzene rings is 5. The fourth-order valence-electron chi connectivity index (χ4n) is 6.08. The Morgan fingerprint density at radius 3 is 2.02 bits per heavy atom. The molecule has 0 unspecified atom stereocenters. The van der Waals surface area contributed by atoms with E-state index in [1.165, 1.54) is 16.7 Å². The number of hydrogen-bond donors (Lipinski definition) is 0. The zero-order chi connectivity index (χ0) is 28.9. The zero-order valence-corrected chi connectivity index (χ0v) is 23.8. The van der Waals surface area contributed by atoms with Gasteiger partial charge in [0.25, 0.3) is 0 Å². The molecule has 0 amide bonds. The Morgan fingerprint density at radius 2 is 1.23 bits per heavy atom. The average molecular weight is 553 g/mol. The van der Waals surface area contributed by atoms with Gasteiger partial charge in [-0.15, -0.1) is 0 Å². The van der Waals surface area contributed by atoms with Crippen molar-refractivity contribution in [3.63, 3.8) is 0 Å². The minimum atomic E-state index is 0.797. The summed E-state index contributed by atoms with van der Waals surface area (Å²) in [5.41, 5.74) is 10.2. The average Bonchev–Trinajstić information content (AvgIpc) is 3.37. The maximum atomic E-state index is 5.29. The topological polar surface area (TPSA) is 34.0 Å². The molecule has 0 radical (unpaired) electrons. The summed E-state index contributed by atoms with van der Waals surface area (Å²) in [6, 6.07) is 44.1. The molecule has 4 nitrogen and oxygen atoms in total. The number of fused-ring (bicyclic) bond motifs is 4. The lowest BCUT2D eigenvalue weighted by Gasteiger charge is -2.25. The van der Waals surface area contributed by atoms with Gasteiger partial charge in [0.05, 0.1) is 21.9 Å². The summed E-state index contributed by atoms with van der Waals surface area (Å²) in [6.07, 6.45) is 4.38. The van der Waals surface area contributed by atoms with Crippen LogP contribution in [0.15, 0.2) is 140 Å². The number of rotatable bonds is 4. The van der Waals surface area contributed by atoms with Crippen LogP contribution < -0.4 is 15.5 Å². The van der Waals surface area contributed by atoms with Crippen LogP contribution in [0.4, 0.5) is 5.69 Å². The Balaban J connectivity index is 1.42. The molecule has 0 spiro atoms. The molecule has 0 fully saturated rings. The first-order valence-electron chi connectivity index (χ1n) is 14.5. The number of allylic oxidation sites excluding steroid dienone is 1. The van der Waals surface area contributed by atoms with E-state index in [0.717, 1.165) is 61.0 Å². The van der Waals surface area contributed by atoms with Crippen molar-refractivity contribution in [1.82, 2.24) is 14.5 Å². The molecular formula is C39H28N4. The molecule has 4 heteroatoms. The van der Waals surface area contributed by atoms with E-state index in [-0.39, 0.29) is 0 Å². The third kappa shape index (κ3) is 4.15. The lowest BCUT2D eigenvalue weighted by molar-refractivity contribution is 0.994. The van der Waals surface area contributed by atoms with Crippen LogP contribution in [0.25, 0.3) is 62.4 Å². The molecule has 0 bridgehead atoms. The van der Waals surface area contributed by atoms with Crippen LogP contribution >= 0.6 is 0 Å². The highest BCUT2D eigenvalue weighted by Crippen LogP contribution is 2.31. The highest BCUT2D eigenvalue weighted by atomic mass is 15.2. The largest absolute Gasteiger partial charge is 0.315 e. The van der Waals surface area contributed by atoms with E-state index in [0.29, 0.717) is 0 Å². The van der Waals surface area contributed by atoms with Crippen molar-refractivity contribution in [2.45, 2.75) is 6.92 Å². The van der Waals surface area contributed by atoms with E-state index in [2.05, 4.69) is 132 Å². The molecule has 0 saturated heterocycles. The van der Waals surface area contributed by atoms with Crippen LogP contribution in [0, 0.1) is 6.92 Å². The van der Waals surface area contributed by atoms with Gasteiger partial charge in [0.15, 0.2) is 5.82 Å². The van der Waals surface area contributed by atoms with Gasteiger partial charge >= 0.3 is 0 Å². The molecule has 0 saturated carbocycles. The van der Waals surface area contributed by atoms with Gasteiger partial charge in [-0.05, 0) is 54.0 Å². The van der Waals surface area contributed by atoms with Crippen molar-refractivity contribution in [2.75, 3.05) is 4.90 Å². The summed E-state index contributed by atoms with van der Waals surface area (Å²) in [7, 11) is 0. The van der Waals surface area contributed by atoms with Gasteiger partial charge in [-0.25, -0.2) is 9.97 Å². The van der Waals surface area contributed by atoms with E-state index < -0.39 is 0 Å². The molecule has 8 rings (SSSR count). The van der Waals surface area contributed by atoms with Crippen molar-refractivity contribution in [1.29, 1.82) is 0 Å². The standard InChI is InChI=1S/C39H28N4/c1-26-12-6-10-18-35(26)42-25-37-32(24-27(42)2)31-15-7-11-19-36(31)43(37)39-38(40-33-16-8-9-17-34(33)41-39)30-22-20-29(21-23-30)28-13-4-3-5-14-28/h3-25H,2H2,1H3. The molecule has 2 aromatic heterocycles. The molecule has 5 aromatic carbocycles. The SMILES string of the molecule is C=C1C=c2c(n(-c3nc4ccccc4nc3-c3ccc(-c4ccccc4)cc3)c3ccccc23)=CN1c1ccccc1C. The molecule has 7 aromatic rings. The van der Waals surface area contributed by atoms with Gasteiger partial charge in [0, 0.05) is 33.8 Å². The van der Waals surface area contributed by atoms with Gasteiger partial charge in [-0.1, -0.05) is 110 Å². The smallest absolute Gasteiger partial charge is 0.165 e. The predicted octanol–water partition coefficient (Wildman–Crippen LogP) is 7.77. The fourth-order valence-corrected chi connectivity index (χ4v) is 6.08. The Morgan fingerprint density at radius 1 is 0.605 bits per heavy atom. The van der Waals surface area contributed by atoms with Crippen molar-refractivity contribution >= 4 is 39.9 Å². The van der Waals surface area contributed by atoms with E-state index in [1.54, 1.807) is 0 Å². The molecule has 0 N–H and O–H groups in total. The summed E-state index contributed by atoms with van der Waals surface area (Å²) in [6.45, 7) is 6.57. The van der Waals surface area contributed by atoms with Crippen molar-refractivity contribution in [2.24, 2.45) is 0 Å². The van der Waals surface area contributed by atoms with Crippen molar-refractivity contribution in [3.05, 3.63) is 156 Å². The third-order valence-electron chi connectivity index (χ3n) is 8.23. The number of para-hydroxylation sites is 4. The van der Waals surface area contributed by atoms with Gasteiger partial charge in [0.1, 0.15) is 5.69 Å². The first-order valence-corrected chi connectivity index (χ1v) is 14.5. The van der Waals surface area contributed by atoms with E-state index in [1.807, 2.05) is 30.3 Å². The van der Waals surface area contributed by atoms with E-state index >= 15 is 0 Å². The lowest BCUT2D eigenvalue weighted by atomic mass is 10.0. The molecule has 0 aliphatic carbocycles. The Bertz CT molecular complexity index is 2310. The summed E-state index contributed by atoms with van der Waals surface area (Å²) >= 11 is 0. The van der Waals surface area contributed by atoms with Gasteiger partial charge in [-0.3, -0.25) is 4.57 Å². The number of hydrogen-bond acceptors (Lipinski definition) is 3. The Labute approximate surface area is 249 Å². The first kappa shape index (κ1) is 25.0. The van der Waals surface area contributed by atoms with Crippen LogP contribution in [0.5, 0.6) is 0 Å². The van der Waals surface area contributed by atoms with Crippen LogP contribution in [0.1, 0.15) is 5.56 Å². The highest BCUT2D eigenvalue weighted by Gasteiger charge is 2.21. The lowest BCUT2D eigenvalue weighted by Crippen LogP contribution is -2.37. The quantitative estimate of drug-likeness (QED) is 0.224. The highest BCUT2D eigenvalue weighted by molar-refractivity contribution is 5.90. The first-order chi connectivity index (χ1) is 21.2. The van der Waals surface area contributed by atoms with Crippen molar-refractivity contribution in [3.8, 4) is 28.2 Å². The molecule has 1 aliphatic rings. The normalized spacial score (nSPS) is 12.7. The maximum Gasteiger partial charge on any atom is 0.165 e. The molecule has 0 atom stereocenters. The number of nitrogens with zero attached hydrogens (tertiary/aromatic N) is 4. The second kappa shape index (κ2) is 9.97. The summed E-state index contributed by atoms with van der Waals surface area (Å²) < 4.78 is 2.26. The maximum absolute atomic E-state index is 5.29. The predicted molar refractivity (Wildman–Crippen MR) is 178 cm³/mol. The third-order valence-corrected chi connectivity index (χ3v) is 8.23. The van der Waals surface area contributed by atoms with E-state index in [9.17, 15) is 0 Å². The number of anilines is 1. The monoisotopic (exact) mass is 552 g/mol. The number of aryl methyl sites for hydroxylation is 1. The minimum absolute atomic E-state index is 0.797. The molecular weight excluding hydrogens is 524 g/mol. The second-order valence-electron chi connectivity index (χ2n) is 10.9. The molecule has 204 valence electrons.